The number of hydrogen-bond acceptors (Lipinski definition) is 2. The molecule has 1 aromatic rings. The molecular weight excluding hydrogens is 202 g/mol. The van der Waals surface area contributed by atoms with Gasteiger partial charge in [0.2, 0.25) is 0 Å². The zero-order valence-electron chi connectivity index (χ0n) is 9.44. The van der Waals surface area contributed by atoms with E-state index in [1.807, 2.05) is 17.8 Å². The van der Waals surface area contributed by atoms with Gasteiger partial charge in [-0.15, -0.1) is 0 Å². The molecule has 2 heteroatoms. The average Bonchev–Trinajstić information content (AvgIpc) is 2.29. The van der Waals surface area contributed by atoms with E-state index in [-0.39, 0.29) is 0 Å². The lowest BCUT2D eigenvalue weighted by molar-refractivity contribution is 0.742. The van der Waals surface area contributed by atoms with Crippen molar-refractivity contribution in [1.29, 1.82) is 0 Å². The molecule has 82 valence electrons. The second-order valence-electron chi connectivity index (χ2n) is 3.52. The summed E-state index contributed by atoms with van der Waals surface area (Å²) in [6.45, 7) is 4.25. The molecule has 0 heterocycles. The molecule has 0 aliphatic carbocycles. The van der Waals surface area contributed by atoms with Gasteiger partial charge < -0.3 is 5.32 Å². The highest BCUT2D eigenvalue weighted by atomic mass is 32.2. The zero-order chi connectivity index (χ0) is 10.9. The van der Waals surface area contributed by atoms with Gasteiger partial charge in [-0.25, -0.2) is 0 Å². The summed E-state index contributed by atoms with van der Waals surface area (Å²) < 4.78 is 0. The van der Waals surface area contributed by atoms with Crippen molar-refractivity contribution in [1.82, 2.24) is 5.32 Å². The van der Waals surface area contributed by atoms with E-state index in [1.165, 1.54) is 5.56 Å². The molecule has 0 aromatic heterocycles. The average molecular weight is 221 g/mol. The third kappa shape index (κ3) is 5.65. The van der Waals surface area contributed by atoms with Gasteiger partial charge in [-0.3, -0.25) is 0 Å². The van der Waals surface area contributed by atoms with E-state index in [9.17, 15) is 0 Å². The van der Waals surface area contributed by atoms with Gasteiger partial charge in [-0.1, -0.05) is 49.4 Å². The smallest absolute Gasteiger partial charge is 0.0141 e. The maximum absolute atomic E-state index is 3.40. The molecule has 0 aliphatic heterocycles. The predicted octanol–water partition coefficient (Wildman–Crippen LogP) is 3.04. The topological polar surface area (TPSA) is 12.0 Å². The monoisotopic (exact) mass is 221 g/mol. The van der Waals surface area contributed by atoms with E-state index in [1.54, 1.807) is 0 Å². The molecular formula is C13H19NS. The molecule has 1 aromatic carbocycles. The van der Waals surface area contributed by atoms with Crippen LogP contribution in [0.5, 0.6) is 0 Å². The third-order valence-corrected chi connectivity index (χ3v) is 3.18. The van der Waals surface area contributed by atoms with Crippen molar-refractivity contribution in [2.24, 2.45) is 0 Å². The van der Waals surface area contributed by atoms with Crippen molar-refractivity contribution in [3.05, 3.63) is 42.0 Å². The maximum Gasteiger partial charge on any atom is 0.0141 e. The van der Waals surface area contributed by atoms with Gasteiger partial charge in [-0.2, -0.15) is 11.8 Å². The van der Waals surface area contributed by atoms with Crippen LogP contribution < -0.4 is 5.32 Å². The van der Waals surface area contributed by atoms with Crippen molar-refractivity contribution in [3.8, 4) is 0 Å². The largest absolute Gasteiger partial charge is 0.312 e. The minimum absolute atomic E-state index is 0.690. The highest BCUT2D eigenvalue weighted by Crippen LogP contribution is 2.02. The Morgan fingerprint density at radius 3 is 2.73 bits per heavy atom. The predicted molar refractivity (Wildman–Crippen MR) is 71.3 cm³/mol. The summed E-state index contributed by atoms with van der Waals surface area (Å²) in [5, 5.41) is 4.09. The Hall–Kier alpha value is -0.730. The first-order valence-corrected chi connectivity index (χ1v) is 6.57. The molecule has 0 saturated carbocycles. The van der Waals surface area contributed by atoms with E-state index in [2.05, 4.69) is 54.9 Å². The summed E-state index contributed by atoms with van der Waals surface area (Å²) in [6, 6.07) is 10.4. The van der Waals surface area contributed by atoms with Crippen molar-refractivity contribution >= 4 is 17.8 Å². The summed E-state index contributed by atoms with van der Waals surface area (Å²) in [5.74, 6) is 0. The first-order valence-electron chi connectivity index (χ1n) is 5.28. The van der Waals surface area contributed by atoms with E-state index < -0.39 is 0 Å². The lowest BCUT2D eigenvalue weighted by Crippen LogP contribution is -2.22. The maximum atomic E-state index is 3.40. The number of nitrogens with one attached hydrogen (secondary N) is 1. The fraction of sp³-hybridized carbons (Fsp3) is 0.385. The number of hydrogen-bond donors (Lipinski definition) is 1. The van der Waals surface area contributed by atoms with Crippen LogP contribution in [-0.4, -0.2) is 24.6 Å². The first kappa shape index (κ1) is 12.3. The van der Waals surface area contributed by atoms with Crippen LogP contribution in [0.3, 0.4) is 0 Å². The molecule has 1 atom stereocenters. The Labute approximate surface area is 97.0 Å². The molecule has 0 bridgehead atoms. The quantitative estimate of drug-likeness (QED) is 0.741. The molecule has 0 amide bonds. The minimum Gasteiger partial charge on any atom is -0.312 e. The number of benzene rings is 1. The molecule has 0 saturated heterocycles. The first-order chi connectivity index (χ1) is 7.33. The van der Waals surface area contributed by atoms with E-state index in [4.69, 9.17) is 0 Å². The van der Waals surface area contributed by atoms with Crippen LogP contribution in [0.4, 0.5) is 0 Å². The highest BCUT2D eigenvalue weighted by Gasteiger charge is 1.95. The zero-order valence-corrected chi connectivity index (χ0v) is 10.3. The SMILES string of the molecule is CSC(C)CNC/C=C/c1ccccc1. The van der Waals surface area contributed by atoms with Crippen LogP contribution >= 0.6 is 11.8 Å². The van der Waals surface area contributed by atoms with Crippen molar-refractivity contribution < 1.29 is 0 Å². The van der Waals surface area contributed by atoms with Crippen molar-refractivity contribution in [3.63, 3.8) is 0 Å². The third-order valence-electron chi connectivity index (χ3n) is 2.21. The summed E-state index contributed by atoms with van der Waals surface area (Å²) in [6.07, 6.45) is 6.46. The molecule has 1 unspecified atom stereocenters. The second kappa shape index (κ2) is 7.55. The Morgan fingerprint density at radius 1 is 1.33 bits per heavy atom. The van der Waals surface area contributed by atoms with Crippen LogP contribution in [0.2, 0.25) is 0 Å². The fourth-order valence-corrected chi connectivity index (χ4v) is 1.50. The Bertz CT molecular complexity index is 282. The molecule has 1 nitrogen and oxygen atoms in total. The van der Waals surface area contributed by atoms with Gasteiger partial charge in [0.05, 0.1) is 0 Å². The van der Waals surface area contributed by atoms with Gasteiger partial charge in [-0.05, 0) is 11.8 Å². The summed E-state index contributed by atoms with van der Waals surface area (Å²) in [5.41, 5.74) is 1.26. The lowest BCUT2D eigenvalue weighted by Gasteiger charge is -2.07. The Balaban J connectivity index is 2.18. The molecule has 0 spiro atoms. The summed E-state index contributed by atoms with van der Waals surface area (Å²) >= 11 is 1.89. The molecule has 1 rings (SSSR count). The molecule has 0 radical (unpaired) electrons. The lowest BCUT2D eigenvalue weighted by atomic mass is 10.2. The Kier molecular flexibility index (Phi) is 6.21. The van der Waals surface area contributed by atoms with E-state index >= 15 is 0 Å². The minimum atomic E-state index is 0.690. The number of thioether (sulfide) groups is 1. The van der Waals surface area contributed by atoms with Crippen LogP contribution in [-0.2, 0) is 0 Å². The normalized spacial score (nSPS) is 13.2. The van der Waals surface area contributed by atoms with Crippen LogP contribution in [0, 0.1) is 0 Å². The van der Waals surface area contributed by atoms with Gasteiger partial charge in [0.25, 0.3) is 0 Å². The highest BCUT2D eigenvalue weighted by molar-refractivity contribution is 7.99. The molecule has 15 heavy (non-hydrogen) atoms. The second-order valence-corrected chi connectivity index (χ2v) is 4.79. The molecule has 0 fully saturated rings. The van der Waals surface area contributed by atoms with E-state index in [0.29, 0.717) is 5.25 Å². The standard InChI is InChI=1S/C13H19NS/c1-12(15-2)11-14-10-6-9-13-7-4-3-5-8-13/h3-9,12,14H,10-11H2,1-2H3/b9-6+. The van der Waals surface area contributed by atoms with Crippen molar-refractivity contribution in [2.75, 3.05) is 19.3 Å². The van der Waals surface area contributed by atoms with Gasteiger partial charge in [0, 0.05) is 18.3 Å². The molecule has 0 aliphatic rings. The van der Waals surface area contributed by atoms with Crippen LogP contribution in [0.15, 0.2) is 36.4 Å². The van der Waals surface area contributed by atoms with Gasteiger partial charge in [0.1, 0.15) is 0 Å². The van der Waals surface area contributed by atoms with Crippen LogP contribution in [0.25, 0.3) is 6.08 Å². The summed E-state index contributed by atoms with van der Waals surface area (Å²) in [4.78, 5) is 0. The van der Waals surface area contributed by atoms with E-state index in [0.717, 1.165) is 13.1 Å². The Morgan fingerprint density at radius 2 is 2.07 bits per heavy atom. The summed E-state index contributed by atoms with van der Waals surface area (Å²) in [7, 11) is 0. The van der Waals surface area contributed by atoms with Gasteiger partial charge in [0.15, 0.2) is 0 Å². The van der Waals surface area contributed by atoms with Crippen LogP contribution in [0.1, 0.15) is 12.5 Å². The molecule has 1 N–H and O–H groups in total. The fourth-order valence-electron chi connectivity index (χ4n) is 1.21. The van der Waals surface area contributed by atoms with Gasteiger partial charge >= 0.3 is 0 Å². The number of rotatable bonds is 6. The van der Waals surface area contributed by atoms with Crippen molar-refractivity contribution in [2.45, 2.75) is 12.2 Å².